The summed E-state index contributed by atoms with van der Waals surface area (Å²) < 4.78 is 17.9. The van der Waals surface area contributed by atoms with Crippen molar-refractivity contribution in [2.75, 3.05) is 0 Å². The van der Waals surface area contributed by atoms with E-state index < -0.39 is 5.82 Å². The summed E-state index contributed by atoms with van der Waals surface area (Å²) in [5.74, 6) is -0.502. The molecule has 0 saturated carbocycles. The van der Waals surface area contributed by atoms with Crippen LogP contribution in [0.15, 0.2) is 35.3 Å². The van der Waals surface area contributed by atoms with Gasteiger partial charge in [-0.15, -0.1) is 11.3 Å². The topological polar surface area (TPSA) is 39.8 Å². The van der Waals surface area contributed by atoms with Crippen molar-refractivity contribution < 1.29 is 4.39 Å². The van der Waals surface area contributed by atoms with Crippen LogP contribution in [-0.2, 0) is 13.6 Å². The average Bonchev–Trinajstić information content (AvgIpc) is 3.04. The molecule has 122 valence electrons. The summed E-state index contributed by atoms with van der Waals surface area (Å²) in [4.78, 5) is 14.0. The van der Waals surface area contributed by atoms with Gasteiger partial charge in [-0.2, -0.15) is 5.10 Å². The second-order valence-corrected chi connectivity index (χ2v) is 7.41. The van der Waals surface area contributed by atoms with Crippen molar-refractivity contribution in [3.05, 3.63) is 62.1 Å². The van der Waals surface area contributed by atoms with E-state index in [9.17, 15) is 9.18 Å². The lowest BCUT2D eigenvalue weighted by Gasteiger charge is -2.06. The molecule has 3 aromatic heterocycles. The maximum absolute atomic E-state index is 13.6. The Morgan fingerprint density at radius 2 is 2.12 bits per heavy atom. The molecule has 0 saturated heterocycles. The van der Waals surface area contributed by atoms with Crippen molar-refractivity contribution in [3.63, 3.8) is 0 Å². The van der Waals surface area contributed by atoms with Crippen LogP contribution in [0.2, 0.25) is 5.02 Å². The predicted molar refractivity (Wildman–Crippen MR) is 95.6 cm³/mol. The van der Waals surface area contributed by atoms with Gasteiger partial charge in [0.05, 0.1) is 28.0 Å². The third-order valence-electron chi connectivity index (χ3n) is 4.11. The molecule has 0 aliphatic rings. The van der Waals surface area contributed by atoms with Gasteiger partial charge >= 0.3 is 0 Å². The van der Waals surface area contributed by atoms with Crippen LogP contribution in [0.5, 0.6) is 0 Å². The third kappa shape index (κ3) is 2.25. The number of thiophene rings is 1. The van der Waals surface area contributed by atoms with Gasteiger partial charge in [0, 0.05) is 17.3 Å². The number of hydrogen-bond acceptors (Lipinski definition) is 3. The normalized spacial score (nSPS) is 11.7. The molecule has 24 heavy (non-hydrogen) atoms. The van der Waals surface area contributed by atoms with Gasteiger partial charge in [0.2, 0.25) is 0 Å². The van der Waals surface area contributed by atoms with Crippen molar-refractivity contribution in [2.24, 2.45) is 7.05 Å². The van der Waals surface area contributed by atoms with Crippen LogP contribution in [0.3, 0.4) is 0 Å². The molecule has 0 bridgehead atoms. The first kappa shape index (κ1) is 15.4. The first-order valence-electron chi connectivity index (χ1n) is 7.34. The van der Waals surface area contributed by atoms with Crippen LogP contribution in [0.25, 0.3) is 21.1 Å². The van der Waals surface area contributed by atoms with Crippen molar-refractivity contribution in [1.82, 2.24) is 14.3 Å². The molecule has 0 fully saturated rings. The van der Waals surface area contributed by atoms with Crippen LogP contribution in [0.1, 0.15) is 10.4 Å². The lowest BCUT2D eigenvalue weighted by atomic mass is 10.2. The number of hydrogen-bond donors (Lipinski definition) is 0. The zero-order valence-electron chi connectivity index (χ0n) is 13.0. The minimum absolute atomic E-state index is 0.0625. The van der Waals surface area contributed by atoms with Crippen LogP contribution in [0, 0.1) is 12.7 Å². The lowest BCUT2D eigenvalue weighted by molar-refractivity contribution is 0.612. The largest absolute Gasteiger partial charge is 0.338 e. The van der Waals surface area contributed by atoms with E-state index in [1.807, 2.05) is 18.5 Å². The zero-order chi connectivity index (χ0) is 17.0. The minimum atomic E-state index is -0.502. The molecule has 0 amide bonds. The van der Waals surface area contributed by atoms with E-state index in [4.69, 9.17) is 11.6 Å². The van der Waals surface area contributed by atoms with Gasteiger partial charge in [-0.3, -0.25) is 4.79 Å². The first-order valence-corrected chi connectivity index (χ1v) is 8.53. The minimum Gasteiger partial charge on any atom is -0.338 e. The Morgan fingerprint density at radius 1 is 1.33 bits per heavy atom. The zero-order valence-corrected chi connectivity index (χ0v) is 14.6. The van der Waals surface area contributed by atoms with E-state index in [1.165, 1.54) is 21.7 Å². The Kier molecular flexibility index (Phi) is 3.47. The smallest absolute Gasteiger partial charge is 0.291 e. The van der Waals surface area contributed by atoms with E-state index in [1.54, 1.807) is 23.6 Å². The Balaban J connectivity index is 1.88. The van der Waals surface area contributed by atoms with E-state index in [2.05, 4.69) is 11.2 Å². The van der Waals surface area contributed by atoms with Gasteiger partial charge in [-0.05, 0) is 30.7 Å². The number of nitrogens with zero attached hydrogens (tertiary/aromatic N) is 3. The SMILES string of the molecule is Cc1cc2c(s1)c1cnn(Cc3ccc(Cl)c(F)c3)c(=O)c1n2C. The molecule has 7 heteroatoms. The molecule has 4 nitrogen and oxygen atoms in total. The molecule has 3 heterocycles. The van der Waals surface area contributed by atoms with Crippen LogP contribution in [0.4, 0.5) is 4.39 Å². The van der Waals surface area contributed by atoms with Gasteiger partial charge < -0.3 is 4.57 Å². The molecule has 1 aromatic carbocycles. The van der Waals surface area contributed by atoms with Crippen LogP contribution in [-0.4, -0.2) is 14.3 Å². The predicted octanol–water partition coefficient (Wildman–Crippen LogP) is 4.10. The standard InChI is InChI=1S/C17H13ClFN3OS/c1-9-5-14-16(24-9)11-7-20-22(17(23)15(11)21(14)2)8-10-3-4-12(18)13(19)6-10/h3-7H,8H2,1-2H3. The molecule has 0 N–H and O–H groups in total. The maximum atomic E-state index is 13.6. The van der Waals surface area contributed by atoms with Crippen molar-refractivity contribution in [1.29, 1.82) is 0 Å². The van der Waals surface area contributed by atoms with E-state index in [-0.39, 0.29) is 17.1 Å². The molecule has 4 rings (SSSR count). The van der Waals surface area contributed by atoms with Crippen molar-refractivity contribution >= 4 is 44.1 Å². The maximum Gasteiger partial charge on any atom is 0.291 e. The molecule has 4 aromatic rings. The number of fused-ring (bicyclic) bond motifs is 3. The van der Waals surface area contributed by atoms with Gasteiger partial charge in [0.25, 0.3) is 5.56 Å². The molecule has 0 aliphatic carbocycles. The Bertz CT molecular complexity index is 1160. The number of aryl methyl sites for hydroxylation is 2. The third-order valence-corrected chi connectivity index (χ3v) is 5.49. The van der Waals surface area contributed by atoms with Gasteiger partial charge in [-0.25, -0.2) is 9.07 Å². The molecule has 0 radical (unpaired) electrons. The van der Waals surface area contributed by atoms with E-state index in [0.29, 0.717) is 11.1 Å². The summed E-state index contributed by atoms with van der Waals surface area (Å²) in [5, 5.41) is 5.19. The quantitative estimate of drug-likeness (QED) is 0.539. The molecular formula is C17H13ClFN3OS. The fraction of sp³-hybridized carbons (Fsp3) is 0.176. The second-order valence-electron chi connectivity index (χ2n) is 5.75. The molecule has 0 aliphatic heterocycles. The number of benzene rings is 1. The Hall–Kier alpha value is -2.18. The summed E-state index contributed by atoms with van der Waals surface area (Å²) in [5.41, 5.74) is 2.09. The summed E-state index contributed by atoms with van der Waals surface area (Å²) >= 11 is 7.35. The van der Waals surface area contributed by atoms with E-state index in [0.717, 1.165) is 15.6 Å². The number of halogens is 2. The van der Waals surface area contributed by atoms with Crippen LogP contribution < -0.4 is 5.56 Å². The lowest BCUT2D eigenvalue weighted by Crippen LogP contribution is -2.24. The monoisotopic (exact) mass is 361 g/mol. The summed E-state index contributed by atoms with van der Waals surface area (Å²) in [6.45, 7) is 2.24. The molecule has 0 unspecified atom stereocenters. The first-order chi connectivity index (χ1) is 11.5. The second kappa shape index (κ2) is 5.43. The summed E-state index contributed by atoms with van der Waals surface area (Å²) in [7, 11) is 1.88. The molecular weight excluding hydrogens is 349 g/mol. The van der Waals surface area contributed by atoms with Gasteiger partial charge in [0.15, 0.2) is 0 Å². The average molecular weight is 362 g/mol. The Morgan fingerprint density at radius 3 is 2.88 bits per heavy atom. The molecule has 0 atom stereocenters. The fourth-order valence-corrected chi connectivity index (χ4v) is 4.13. The number of aromatic nitrogens is 3. The highest BCUT2D eigenvalue weighted by atomic mass is 35.5. The summed E-state index contributed by atoms with van der Waals surface area (Å²) in [6.07, 6.45) is 1.71. The molecule has 0 spiro atoms. The van der Waals surface area contributed by atoms with E-state index >= 15 is 0 Å². The number of rotatable bonds is 2. The highest BCUT2D eigenvalue weighted by Gasteiger charge is 2.16. The summed E-state index contributed by atoms with van der Waals surface area (Å²) in [6, 6.07) is 6.57. The highest BCUT2D eigenvalue weighted by Crippen LogP contribution is 2.32. The highest BCUT2D eigenvalue weighted by molar-refractivity contribution is 7.20. The van der Waals surface area contributed by atoms with Crippen molar-refractivity contribution in [2.45, 2.75) is 13.5 Å². The van der Waals surface area contributed by atoms with Crippen molar-refractivity contribution in [3.8, 4) is 0 Å². The van der Waals surface area contributed by atoms with Crippen LogP contribution >= 0.6 is 22.9 Å². The van der Waals surface area contributed by atoms with Gasteiger partial charge in [-0.1, -0.05) is 17.7 Å². The fourth-order valence-electron chi connectivity index (χ4n) is 2.96. The Labute approximate surface area is 145 Å². The van der Waals surface area contributed by atoms with Gasteiger partial charge in [0.1, 0.15) is 11.3 Å².